The highest BCUT2D eigenvalue weighted by molar-refractivity contribution is 5.36. The third-order valence-electron chi connectivity index (χ3n) is 3.20. The molecule has 0 radical (unpaired) electrons. The van der Waals surface area contributed by atoms with Crippen LogP contribution in [0, 0.1) is 28.4 Å². The predicted octanol–water partition coefficient (Wildman–Crippen LogP) is 3.26. The highest BCUT2D eigenvalue weighted by atomic mass is 16.6. The average Bonchev–Trinajstić information content (AvgIpc) is 2.50. The second kappa shape index (κ2) is 6.64. The van der Waals surface area contributed by atoms with Gasteiger partial charge in [-0.2, -0.15) is 5.26 Å². The summed E-state index contributed by atoms with van der Waals surface area (Å²) in [7, 11) is 0. The maximum Gasteiger partial charge on any atom is 0.269 e. The Morgan fingerprint density at radius 1 is 1.19 bits per heavy atom. The number of nitrogens with zero attached hydrogens (tertiary/aromatic N) is 2. The zero-order valence-corrected chi connectivity index (χ0v) is 11.6. The van der Waals surface area contributed by atoms with E-state index in [1.807, 2.05) is 31.2 Å². The molecule has 2 aromatic carbocycles. The van der Waals surface area contributed by atoms with E-state index in [1.54, 1.807) is 12.1 Å². The Balaban J connectivity index is 2.04. The van der Waals surface area contributed by atoms with Crippen molar-refractivity contribution in [3.05, 3.63) is 75.3 Å². The van der Waals surface area contributed by atoms with E-state index in [1.165, 1.54) is 17.7 Å². The molecule has 5 heteroatoms. The summed E-state index contributed by atoms with van der Waals surface area (Å²) in [5.74, 6) is 0. The predicted molar refractivity (Wildman–Crippen MR) is 79.5 cm³/mol. The van der Waals surface area contributed by atoms with Crippen LogP contribution in [0.3, 0.4) is 0 Å². The van der Waals surface area contributed by atoms with Crippen molar-refractivity contribution in [2.24, 2.45) is 0 Å². The van der Waals surface area contributed by atoms with Crippen molar-refractivity contribution >= 4 is 5.69 Å². The first-order valence-corrected chi connectivity index (χ1v) is 6.53. The lowest BCUT2D eigenvalue weighted by Crippen LogP contribution is -2.19. The zero-order valence-electron chi connectivity index (χ0n) is 11.6. The molecule has 0 heterocycles. The van der Waals surface area contributed by atoms with Gasteiger partial charge in [0.25, 0.3) is 5.69 Å². The van der Waals surface area contributed by atoms with Crippen molar-refractivity contribution in [2.45, 2.75) is 19.5 Å². The van der Waals surface area contributed by atoms with Crippen LogP contribution in [-0.4, -0.2) is 4.92 Å². The molecule has 5 nitrogen and oxygen atoms in total. The first-order valence-electron chi connectivity index (χ1n) is 6.53. The Kier molecular flexibility index (Phi) is 4.64. The van der Waals surface area contributed by atoms with Gasteiger partial charge in [0.05, 0.1) is 11.0 Å². The lowest BCUT2D eigenvalue weighted by Gasteiger charge is -2.12. The van der Waals surface area contributed by atoms with E-state index >= 15 is 0 Å². The molecule has 1 N–H and O–H groups in total. The van der Waals surface area contributed by atoms with Crippen LogP contribution in [0.2, 0.25) is 0 Å². The highest BCUT2D eigenvalue weighted by Gasteiger charge is 2.12. The molecule has 0 fully saturated rings. The second-order valence-corrected chi connectivity index (χ2v) is 4.78. The standard InChI is InChI=1S/C16H15N3O2/c1-12-2-4-13(5-3-12)11-18-16(10-17)14-6-8-15(9-7-14)19(20)21/h2-9,16,18H,11H2,1H3. The van der Waals surface area contributed by atoms with Crippen LogP contribution in [0.25, 0.3) is 0 Å². The molecule has 0 aliphatic rings. The molecular formula is C16H15N3O2. The number of nitro groups is 1. The largest absolute Gasteiger partial charge is 0.294 e. The van der Waals surface area contributed by atoms with Crippen LogP contribution in [0.15, 0.2) is 48.5 Å². The fraction of sp³-hybridized carbons (Fsp3) is 0.188. The number of nitriles is 1. The van der Waals surface area contributed by atoms with E-state index in [9.17, 15) is 15.4 Å². The zero-order chi connectivity index (χ0) is 15.2. The van der Waals surface area contributed by atoms with Gasteiger partial charge in [0, 0.05) is 18.7 Å². The van der Waals surface area contributed by atoms with Gasteiger partial charge in [-0.1, -0.05) is 29.8 Å². The number of rotatable bonds is 5. The maximum atomic E-state index is 10.6. The Morgan fingerprint density at radius 2 is 1.81 bits per heavy atom. The average molecular weight is 281 g/mol. The molecule has 0 aliphatic heterocycles. The topological polar surface area (TPSA) is 79.0 Å². The van der Waals surface area contributed by atoms with Crippen molar-refractivity contribution in [1.29, 1.82) is 5.26 Å². The number of nitro benzene ring substituents is 1. The van der Waals surface area contributed by atoms with Gasteiger partial charge in [0.2, 0.25) is 0 Å². The van der Waals surface area contributed by atoms with Crippen LogP contribution < -0.4 is 5.32 Å². The van der Waals surface area contributed by atoms with Crippen LogP contribution in [0.4, 0.5) is 5.69 Å². The summed E-state index contributed by atoms with van der Waals surface area (Å²) in [4.78, 5) is 10.2. The molecule has 2 rings (SSSR count). The normalized spacial score (nSPS) is 11.6. The lowest BCUT2D eigenvalue weighted by atomic mass is 10.1. The van der Waals surface area contributed by atoms with Gasteiger partial charge in [-0.15, -0.1) is 0 Å². The molecule has 0 aromatic heterocycles. The molecule has 0 saturated heterocycles. The van der Waals surface area contributed by atoms with E-state index in [4.69, 9.17) is 0 Å². The van der Waals surface area contributed by atoms with Gasteiger partial charge >= 0.3 is 0 Å². The van der Waals surface area contributed by atoms with Crippen LogP contribution >= 0.6 is 0 Å². The minimum atomic E-state index is -0.493. The second-order valence-electron chi connectivity index (χ2n) is 4.78. The molecule has 106 valence electrons. The first-order chi connectivity index (χ1) is 10.1. The summed E-state index contributed by atoms with van der Waals surface area (Å²) in [5, 5.41) is 23.0. The summed E-state index contributed by atoms with van der Waals surface area (Å²) < 4.78 is 0. The summed E-state index contributed by atoms with van der Waals surface area (Å²) in [5.41, 5.74) is 3.01. The molecule has 1 unspecified atom stereocenters. The van der Waals surface area contributed by atoms with E-state index < -0.39 is 11.0 Å². The van der Waals surface area contributed by atoms with Gasteiger partial charge in [0.15, 0.2) is 0 Å². The number of hydrogen-bond donors (Lipinski definition) is 1. The Bertz CT molecular complexity index is 657. The maximum absolute atomic E-state index is 10.6. The SMILES string of the molecule is Cc1ccc(CNC(C#N)c2ccc([N+](=O)[O-])cc2)cc1. The van der Waals surface area contributed by atoms with Gasteiger partial charge in [-0.3, -0.25) is 15.4 Å². The molecule has 1 atom stereocenters. The molecule has 0 aliphatic carbocycles. The quantitative estimate of drug-likeness (QED) is 0.674. The lowest BCUT2D eigenvalue weighted by molar-refractivity contribution is -0.384. The molecule has 0 saturated carbocycles. The van der Waals surface area contributed by atoms with Gasteiger partial charge in [-0.25, -0.2) is 0 Å². The number of benzene rings is 2. The molecule has 0 spiro atoms. The van der Waals surface area contributed by atoms with Crippen molar-refractivity contribution in [2.75, 3.05) is 0 Å². The fourth-order valence-electron chi connectivity index (χ4n) is 1.95. The minimum absolute atomic E-state index is 0.0222. The van der Waals surface area contributed by atoms with Crippen molar-refractivity contribution < 1.29 is 4.92 Å². The third kappa shape index (κ3) is 3.88. The Hall–Kier alpha value is -2.71. The molecule has 2 aromatic rings. The summed E-state index contributed by atoms with van der Waals surface area (Å²) >= 11 is 0. The molecule has 0 bridgehead atoms. The first kappa shape index (κ1) is 14.7. The van der Waals surface area contributed by atoms with Gasteiger partial charge < -0.3 is 0 Å². The van der Waals surface area contributed by atoms with Crippen LogP contribution in [0.1, 0.15) is 22.7 Å². The van der Waals surface area contributed by atoms with Crippen LogP contribution in [-0.2, 0) is 6.54 Å². The van der Waals surface area contributed by atoms with E-state index in [0.29, 0.717) is 6.54 Å². The minimum Gasteiger partial charge on any atom is -0.294 e. The van der Waals surface area contributed by atoms with Crippen molar-refractivity contribution in [3.8, 4) is 6.07 Å². The van der Waals surface area contributed by atoms with Gasteiger partial charge in [0.1, 0.15) is 6.04 Å². The van der Waals surface area contributed by atoms with Crippen molar-refractivity contribution in [3.63, 3.8) is 0 Å². The fourth-order valence-corrected chi connectivity index (χ4v) is 1.95. The number of nitrogens with one attached hydrogen (secondary N) is 1. The van der Waals surface area contributed by atoms with Gasteiger partial charge in [-0.05, 0) is 30.2 Å². The molecular weight excluding hydrogens is 266 g/mol. The third-order valence-corrected chi connectivity index (χ3v) is 3.20. The molecule has 0 amide bonds. The van der Waals surface area contributed by atoms with E-state index in [2.05, 4.69) is 11.4 Å². The number of non-ortho nitro benzene ring substituents is 1. The van der Waals surface area contributed by atoms with E-state index in [0.717, 1.165) is 11.1 Å². The van der Waals surface area contributed by atoms with Crippen LogP contribution in [0.5, 0.6) is 0 Å². The van der Waals surface area contributed by atoms with E-state index in [-0.39, 0.29) is 5.69 Å². The summed E-state index contributed by atoms with van der Waals surface area (Å²) in [6.07, 6.45) is 0. The Labute approximate surface area is 123 Å². The highest BCUT2D eigenvalue weighted by Crippen LogP contribution is 2.18. The smallest absolute Gasteiger partial charge is 0.269 e. The summed E-state index contributed by atoms with van der Waals surface area (Å²) in [6, 6.07) is 15.8. The molecule has 21 heavy (non-hydrogen) atoms. The number of aryl methyl sites for hydroxylation is 1. The number of hydrogen-bond acceptors (Lipinski definition) is 4. The Morgan fingerprint density at radius 3 is 2.33 bits per heavy atom. The summed E-state index contributed by atoms with van der Waals surface area (Å²) in [6.45, 7) is 2.58. The van der Waals surface area contributed by atoms with Crippen molar-refractivity contribution in [1.82, 2.24) is 5.32 Å². The monoisotopic (exact) mass is 281 g/mol.